The van der Waals surface area contributed by atoms with Gasteiger partial charge in [0.05, 0.1) is 19.7 Å². The van der Waals surface area contributed by atoms with Gasteiger partial charge in [-0.3, -0.25) is 9.59 Å². The number of benzene rings is 2. The Labute approximate surface area is 162 Å². The molecule has 0 fully saturated rings. The molecule has 0 heterocycles. The van der Waals surface area contributed by atoms with Gasteiger partial charge >= 0.3 is 0 Å². The Morgan fingerprint density at radius 2 is 1.96 bits per heavy atom. The number of halogens is 1. The minimum Gasteiger partial charge on any atom is -0.507 e. The summed E-state index contributed by atoms with van der Waals surface area (Å²) in [5, 5.41) is 16.5. The molecule has 2 rings (SSSR count). The summed E-state index contributed by atoms with van der Waals surface area (Å²) >= 11 is 5.83. The van der Waals surface area contributed by atoms with E-state index in [0.29, 0.717) is 16.3 Å². The third-order valence-corrected chi connectivity index (χ3v) is 3.90. The number of carbonyl (C=O) groups excluding carboxylic acids is 2. The largest absolute Gasteiger partial charge is 0.507 e. The lowest BCUT2D eigenvalue weighted by molar-refractivity contribution is -0.128. The topological polar surface area (TPSA) is 100 Å². The normalized spacial score (nSPS) is 11.8. The predicted molar refractivity (Wildman–Crippen MR) is 103 cm³/mol. The number of rotatable bonds is 7. The van der Waals surface area contributed by atoms with Crippen LogP contribution in [0.25, 0.3) is 0 Å². The maximum atomic E-state index is 12.1. The number of aromatic hydroxyl groups is 1. The molecule has 2 aromatic rings. The lowest BCUT2D eigenvalue weighted by Crippen LogP contribution is -2.43. The van der Waals surface area contributed by atoms with Gasteiger partial charge in [0.2, 0.25) is 5.91 Å². The van der Waals surface area contributed by atoms with Crippen LogP contribution in [0.2, 0.25) is 5.02 Å². The molecular weight excluding hydrogens is 370 g/mol. The number of nitrogens with zero attached hydrogens (tertiary/aromatic N) is 1. The number of hydrogen-bond donors (Lipinski definition) is 3. The standard InChI is InChI=1S/C19H20ClN3O4/c1-12(22-18(25)9-13-3-6-16(27-2)7-4-13)19(26)23-21-11-14-10-15(20)5-8-17(14)24/h3-8,10-12,24H,9H2,1-2H3,(H,22,25)(H,23,26). The second-order valence-electron chi connectivity index (χ2n) is 5.75. The Morgan fingerprint density at radius 3 is 2.63 bits per heavy atom. The average Bonchev–Trinajstić information content (AvgIpc) is 2.64. The summed E-state index contributed by atoms with van der Waals surface area (Å²) in [6.45, 7) is 1.55. The molecule has 7 nitrogen and oxygen atoms in total. The van der Waals surface area contributed by atoms with E-state index >= 15 is 0 Å². The summed E-state index contributed by atoms with van der Waals surface area (Å²) in [5.41, 5.74) is 3.47. The first-order valence-electron chi connectivity index (χ1n) is 8.12. The van der Waals surface area contributed by atoms with E-state index in [1.807, 2.05) is 0 Å². The zero-order valence-electron chi connectivity index (χ0n) is 14.9. The summed E-state index contributed by atoms with van der Waals surface area (Å²) < 4.78 is 5.06. The number of ether oxygens (including phenoxy) is 1. The highest BCUT2D eigenvalue weighted by molar-refractivity contribution is 6.30. The molecule has 1 atom stereocenters. The molecule has 0 aliphatic rings. The van der Waals surface area contributed by atoms with E-state index in [2.05, 4.69) is 15.8 Å². The maximum absolute atomic E-state index is 12.1. The Hall–Kier alpha value is -3.06. The summed E-state index contributed by atoms with van der Waals surface area (Å²) in [7, 11) is 1.57. The van der Waals surface area contributed by atoms with E-state index < -0.39 is 11.9 Å². The fourth-order valence-electron chi connectivity index (χ4n) is 2.18. The second kappa shape index (κ2) is 9.59. The predicted octanol–water partition coefficient (Wildman–Crippen LogP) is 2.25. The third kappa shape index (κ3) is 6.31. The number of amides is 2. The van der Waals surface area contributed by atoms with Crippen molar-refractivity contribution < 1.29 is 19.4 Å². The quantitative estimate of drug-likeness (QED) is 0.499. The number of phenols is 1. The van der Waals surface area contributed by atoms with E-state index in [-0.39, 0.29) is 18.1 Å². The van der Waals surface area contributed by atoms with Gasteiger partial charge in [0, 0.05) is 10.6 Å². The monoisotopic (exact) mass is 389 g/mol. The molecule has 3 N–H and O–H groups in total. The number of carbonyl (C=O) groups is 2. The average molecular weight is 390 g/mol. The van der Waals surface area contributed by atoms with Crippen LogP contribution in [-0.2, 0) is 16.0 Å². The van der Waals surface area contributed by atoms with Crippen LogP contribution in [0.15, 0.2) is 47.6 Å². The van der Waals surface area contributed by atoms with Crippen LogP contribution in [0.3, 0.4) is 0 Å². The van der Waals surface area contributed by atoms with Gasteiger partial charge in [-0.25, -0.2) is 5.43 Å². The summed E-state index contributed by atoms with van der Waals surface area (Å²) in [6.07, 6.45) is 1.41. The molecule has 2 amide bonds. The Morgan fingerprint density at radius 1 is 1.26 bits per heavy atom. The van der Waals surface area contributed by atoms with Crippen LogP contribution in [-0.4, -0.2) is 36.3 Å². The number of phenolic OH excluding ortho intramolecular Hbond substituents is 1. The van der Waals surface area contributed by atoms with Crippen LogP contribution in [0.5, 0.6) is 11.5 Å². The molecule has 0 bridgehead atoms. The fraction of sp³-hybridized carbons (Fsp3) is 0.211. The number of hydrogen-bond acceptors (Lipinski definition) is 5. The van der Waals surface area contributed by atoms with Crippen LogP contribution < -0.4 is 15.5 Å². The van der Waals surface area contributed by atoms with Crippen molar-refractivity contribution in [2.75, 3.05) is 7.11 Å². The van der Waals surface area contributed by atoms with Crippen LogP contribution in [0.1, 0.15) is 18.1 Å². The van der Waals surface area contributed by atoms with E-state index in [1.165, 1.54) is 24.4 Å². The SMILES string of the molecule is COc1ccc(CC(=O)NC(C)C(=O)NN=Cc2cc(Cl)ccc2O)cc1. The Balaban J connectivity index is 1.84. The minimum atomic E-state index is -0.777. The van der Waals surface area contributed by atoms with E-state index in [0.717, 1.165) is 5.56 Å². The van der Waals surface area contributed by atoms with E-state index in [9.17, 15) is 14.7 Å². The Kier molecular flexibility index (Phi) is 7.19. The van der Waals surface area contributed by atoms with Gasteiger partial charge in [-0.05, 0) is 42.8 Å². The van der Waals surface area contributed by atoms with Gasteiger partial charge in [0.15, 0.2) is 0 Å². The van der Waals surface area contributed by atoms with Gasteiger partial charge in [-0.2, -0.15) is 5.10 Å². The zero-order valence-corrected chi connectivity index (χ0v) is 15.7. The van der Waals surface area contributed by atoms with E-state index in [4.69, 9.17) is 16.3 Å². The Bertz CT molecular complexity index is 837. The van der Waals surface area contributed by atoms with Crippen LogP contribution >= 0.6 is 11.6 Å². The molecule has 27 heavy (non-hydrogen) atoms. The van der Waals surface area contributed by atoms with Crippen molar-refractivity contribution >= 4 is 29.6 Å². The smallest absolute Gasteiger partial charge is 0.262 e. The lowest BCUT2D eigenvalue weighted by Gasteiger charge is -2.12. The van der Waals surface area contributed by atoms with Crippen molar-refractivity contribution in [3.8, 4) is 11.5 Å². The molecule has 8 heteroatoms. The van der Waals surface area contributed by atoms with Crippen molar-refractivity contribution in [3.05, 3.63) is 58.6 Å². The van der Waals surface area contributed by atoms with Gasteiger partial charge in [0.25, 0.3) is 5.91 Å². The van der Waals surface area contributed by atoms with Gasteiger partial charge in [-0.1, -0.05) is 23.7 Å². The second-order valence-corrected chi connectivity index (χ2v) is 6.19. The van der Waals surface area contributed by atoms with Crippen molar-refractivity contribution in [1.29, 1.82) is 0 Å². The first-order valence-corrected chi connectivity index (χ1v) is 8.50. The van der Waals surface area contributed by atoms with Crippen molar-refractivity contribution in [1.82, 2.24) is 10.7 Å². The first-order chi connectivity index (χ1) is 12.9. The molecule has 0 saturated carbocycles. The van der Waals surface area contributed by atoms with Gasteiger partial charge in [0.1, 0.15) is 17.5 Å². The third-order valence-electron chi connectivity index (χ3n) is 3.66. The van der Waals surface area contributed by atoms with E-state index in [1.54, 1.807) is 38.3 Å². The lowest BCUT2D eigenvalue weighted by atomic mass is 10.1. The van der Waals surface area contributed by atoms with Crippen LogP contribution in [0.4, 0.5) is 0 Å². The highest BCUT2D eigenvalue weighted by Crippen LogP contribution is 2.19. The van der Waals surface area contributed by atoms with Gasteiger partial charge < -0.3 is 15.2 Å². The molecule has 0 aromatic heterocycles. The molecule has 0 saturated heterocycles. The maximum Gasteiger partial charge on any atom is 0.262 e. The molecule has 2 aromatic carbocycles. The number of methoxy groups -OCH3 is 1. The molecule has 0 spiro atoms. The minimum absolute atomic E-state index is 0.0155. The first kappa shape index (κ1) is 20.3. The van der Waals surface area contributed by atoms with Crippen molar-refractivity contribution in [2.45, 2.75) is 19.4 Å². The molecule has 1 unspecified atom stereocenters. The summed E-state index contributed by atoms with van der Waals surface area (Å²) in [4.78, 5) is 24.1. The number of hydrazone groups is 1. The van der Waals surface area contributed by atoms with Crippen LogP contribution in [0, 0.1) is 0 Å². The molecule has 0 aliphatic heterocycles. The van der Waals surface area contributed by atoms with Crippen molar-refractivity contribution in [2.24, 2.45) is 5.10 Å². The highest BCUT2D eigenvalue weighted by atomic mass is 35.5. The molecular formula is C19H20ClN3O4. The zero-order chi connectivity index (χ0) is 19.8. The highest BCUT2D eigenvalue weighted by Gasteiger charge is 2.15. The number of nitrogens with one attached hydrogen (secondary N) is 2. The molecule has 0 radical (unpaired) electrons. The van der Waals surface area contributed by atoms with Crippen molar-refractivity contribution in [3.63, 3.8) is 0 Å². The summed E-state index contributed by atoms with van der Waals surface area (Å²) in [6, 6.07) is 10.8. The summed E-state index contributed by atoms with van der Waals surface area (Å²) in [5.74, 6) is -0.0936. The van der Waals surface area contributed by atoms with Gasteiger partial charge in [-0.15, -0.1) is 0 Å². The molecule has 0 aliphatic carbocycles. The fourth-order valence-corrected chi connectivity index (χ4v) is 2.36. The molecule has 142 valence electrons.